The Kier molecular flexibility index (Phi) is 4.67. The topological polar surface area (TPSA) is 84.2 Å². The van der Waals surface area contributed by atoms with Gasteiger partial charge in [0, 0.05) is 18.8 Å². The Morgan fingerprint density at radius 1 is 1.17 bits per heavy atom. The number of carbonyl (C=O) groups is 1. The van der Waals surface area contributed by atoms with Crippen molar-refractivity contribution < 1.29 is 23.1 Å². The van der Waals surface area contributed by atoms with E-state index < -0.39 is 34.4 Å². The van der Waals surface area contributed by atoms with Crippen LogP contribution in [0.1, 0.15) is 22.5 Å². The first kappa shape index (κ1) is 18.9. The number of carboxylic acid groups (broad SMARTS) is 1. The summed E-state index contributed by atoms with van der Waals surface area (Å²) in [6, 6.07) is 3.62. The van der Waals surface area contributed by atoms with E-state index in [1.54, 1.807) is 6.08 Å². The fraction of sp³-hybridized carbons (Fsp3) is 0.150. The van der Waals surface area contributed by atoms with Crippen LogP contribution in [0, 0.1) is 17.5 Å². The van der Waals surface area contributed by atoms with Gasteiger partial charge in [0.05, 0.1) is 11.1 Å². The maximum atomic E-state index is 14.7. The number of benzene rings is 1. The number of rotatable bonds is 3. The molecule has 29 heavy (non-hydrogen) atoms. The van der Waals surface area contributed by atoms with Crippen molar-refractivity contribution in [3.8, 4) is 5.69 Å². The fourth-order valence-electron chi connectivity index (χ4n) is 3.30. The molecule has 1 aliphatic rings. The summed E-state index contributed by atoms with van der Waals surface area (Å²) in [6.45, 7) is 1.13. The van der Waals surface area contributed by atoms with Crippen LogP contribution in [0.4, 0.5) is 13.2 Å². The average molecular weight is 401 g/mol. The molecule has 0 amide bonds. The summed E-state index contributed by atoms with van der Waals surface area (Å²) in [5.74, 6) is -4.15. The second-order valence-corrected chi connectivity index (χ2v) is 6.52. The molecule has 0 spiro atoms. The summed E-state index contributed by atoms with van der Waals surface area (Å²) >= 11 is 0. The monoisotopic (exact) mass is 401 g/mol. The van der Waals surface area contributed by atoms with Gasteiger partial charge in [-0.2, -0.15) is 0 Å². The maximum Gasteiger partial charge on any atom is 0.341 e. The normalized spacial score (nSPS) is 14.1. The first-order valence-electron chi connectivity index (χ1n) is 8.71. The number of hydrogen-bond acceptors (Lipinski definition) is 4. The van der Waals surface area contributed by atoms with E-state index in [0.29, 0.717) is 31.1 Å². The van der Waals surface area contributed by atoms with Gasteiger partial charge in [-0.3, -0.25) is 9.36 Å². The predicted octanol–water partition coefficient (Wildman–Crippen LogP) is 2.88. The van der Waals surface area contributed by atoms with Gasteiger partial charge in [-0.1, -0.05) is 6.08 Å². The van der Waals surface area contributed by atoms with Crippen LogP contribution in [0.5, 0.6) is 0 Å². The molecule has 1 aromatic carbocycles. The number of aromatic nitrogens is 2. The molecular weight excluding hydrogens is 387 g/mol. The Labute approximate surface area is 161 Å². The number of nitrogens with one attached hydrogen (secondary N) is 1. The highest BCUT2D eigenvalue weighted by molar-refractivity contribution is 5.92. The summed E-state index contributed by atoms with van der Waals surface area (Å²) in [4.78, 5) is 28.3. The molecule has 0 unspecified atom stereocenters. The lowest BCUT2D eigenvalue weighted by Gasteiger charge is -2.17. The van der Waals surface area contributed by atoms with Crippen molar-refractivity contribution in [2.24, 2.45) is 0 Å². The first-order valence-corrected chi connectivity index (χ1v) is 8.71. The lowest BCUT2D eigenvalue weighted by atomic mass is 10.0. The van der Waals surface area contributed by atoms with Crippen LogP contribution in [0.15, 0.2) is 41.3 Å². The molecule has 3 aromatic rings. The lowest BCUT2D eigenvalue weighted by molar-refractivity contribution is 0.0695. The number of pyridine rings is 2. The minimum absolute atomic E-state index is 0.00209. The van der Waals surface area contributed by atoms with Gasteiger partial charge in [-0.25, -0.2) is 22.9 Å². The van der Waals surface area contributed by atoms with Crippen molar-refractivity contribution in [1.82, 2.24) is 14.9 Å². The summed E-state index contributed by atoms with van der Waals surface area (Å²) in [7, 11) is 0. The van der Waals surface area contributed by atoms with Crippen molar-refractivity contribution in [3.63, 3.8) is 0 Å². The quantitative estimate of drug-likeness (QED) is 0.705. The standard InChI is InChI=1S/C20H14F3N3O3/c21-11-1-2-16(14(22)7-11)26-9-13(20(28)29)18(27)12-8-15(23)17(25-19(12)26)10-3-5-24-6-4-10/h1-3,7-9,24H,4-6H2,(H,28,29). The van der Waals surface area contributed by atoms with Crippen molar-refractivity contribution in [2.75, 3.05) is 13.1 Å². The molecule has 148 valence electrons. The second kappa shape index (κ2) is 7.17. The lowest BCUT2D eigenvalue weighted by Crippen LogP contribution is -2.22. The molecule has 2 aromatic heterocycles. The Morgan fingerprint density at radius 2 is 1.97 bits per heavy atom. The fourth-order valence-corrected chi connectivity index (χ4v) is 3.30. The molecule has 3 heterocycles. The Bertz CT molecular complexity index is 1250. The molecule has 6 nitrogen and oxygen atoms in total. The Balaban J connectivity index is 2.09. The van der Waals surface area contributed by atoms with Gasteiger partial charge in [0.1, 0.15) is 34.4 Å². The van der Waals surface area contributed by atoms with Crippen molar-refractivity contribution >= 4 is 22.6 Å². The molecule has 0 saturated carbocycles. The summed E-state index contributed by atoms with van der Waals surface area (Å²) in [6.07, 6.45) is 3.17. The number of halogens is 3. The third-order valence-electron chi connectivity index (χ3n) is 4.70. The van der Waals surface area contributed by atoms with Crippen LogP contribution >= 0.6 is 0 Å². The van der Waals surface area contributed by atoms with E-state index >= 15 is 0 Å². The highest BCUT2D eigenvalue weighted by Crippen LogP contribution is 2.26. The zero-order valence-electron chi connectivity index (χ0n) is 14.9. The largest absolute Gasteiger partial charge is 0.477 e. The molecule has 0 fully saturated rings. The van der Waals surface area contributed by atoms with E-state index in [1.807, 2.05) is 0 Å². The zero-order valence-corrected chi connectivity index (χ0v) is 14.9. The second-order valence-electron chi connectivity index (χ2n) is 6.52. The van der Waals surface area contributed by atoms with Crippen molar-refractivity contribution in [1.29, 1.82) is 0 Å². The van der Waals surface area contributed by atoms with Crippen LogP contribution in [0.25, 0.3) is 22.3 Å². The molecule has 0 atom stereocenters. The number of carboxylic acids is 1. The molecule has 0 aliphatic carbocycles. The number of aromatic carboxylic acids is 1. The first-order chi connectivity index (χ1) is 13.9. The summed E-state index contributed by atoms with van der Waals surface area (Å²) in [5.41, 5.74) is -1.36. The van der Waals surface area contributed by atoms with E-state index in [1.165, 1.54) is 0 Å². The van der Waals surface area contributed by atoms with Gasteiger partial charge < -0.3 is 10.4 Å². The predicted molar refractivity (Wildman–Crippen MR) is 99.6 cm³/mol. The van der Waals surface area contributed by atoms with Crippen LogP contribution in [-0.2, 0) is 0 Å². The van der Waals surface area contributed by atoms with Crippen LogP contribution in [-0.4, -0.2) is 33.7 Å². The SMILES string of the molecule is O=C(O)c1cn(-c2ccc(F)cc2F)c2nc(C3=CCNCC3)c(F)cc2c1=O. The Morgan fingerprint density at radius 3 is 2.62 bits per heavy atom. The molecule has 2 N–H and O–H groups in total. The van der Waals surface area contributed by atoms with E-state index in [4.69, 9.17) is 0 Å². The molecule has 1 aliphatic heterocycles. The minimum Gasteiger partial charge on any atom is -0.477 e. The maximum absolute atomic E-state index is 14.7. The minimum atomic E-state index is -1.56. The summed E-state index contributed by atoms with van der Waals surface area (Å²) in [5, 5.41) is 12.1. The van der Waals surface area contributed by atoms with Gasteiger partial charge in [0.15, 0.2) is 0 Å². The van der Waals surface area contributed by atoms with Gasteiger partial charge in [-0.15, -0.1) is 0 Å². The molecule has 4 rings (SSSR count). The highest BCUT2D eigenvalue weighted by Gasteiger charge is 2.22. The average Bonchev–Trinajstić information content (AvgIpc) is 2.69. The van der Waals surface area contributed by atoms with E-state index in [2.05, 4.69) is 10.3 Å². The van der Waals surface area contributed by atoms with Gasteiger partial charge in [0.25, 0.3) is 0 Å². The molecule has 0 bridgehead atoms. The van der Waals surface area contributed by atoms with Gasteiger partial charge in [-0.05, 0) is 36.7 Å². The number of hydrogen-bond donors (Lipinski definition) is 2. The van der Waals surface area contributed by atoms with E-state index in [9.17, 15) is 27.9 Å². The third kappa shape index (κ3) is 3.29. The van der Waals surface area contributed by atoms with E-state index in [-0.39, 0.29) is 22.4 Å². The van der Waals surface area contributed by atoms with Crippen molar-refractivity contribution in [2.45, 2.75) is 6.42 Å². The molecular formula is C20H14F3N3O3. The molecule has 9 heteroatoms. The Hall–Kier alpha value is -3.46. The molecule has 0 radical (unpaired) electrons. The van der Waals surface area contributed by atoms with E-state index in [0.717, 1.165) is 29.0 Å². The third-order valence-corrected chi connectivity index (χ3v) is 4.70. The number of nitrogens with zero attached hydrogens (tertiary/aromatic N) is 2. The smallest absolute Gasteiger partial charge is 0.341 e. The van der Waals surface area contributed by atoms with Crippen LogP contribution in [0.3, 0.4) is 0 Å². The van der Waals surface area contributed by atoms with Gasteiger partial charge >= 0.3 is 5.97 Å². The van der Waals surface area contributed by atoms with Crippen molar-refractivity contribution in [3.05, 3.63) is 75.5 Å². The highest BCUT2D eigenvalue weighted by atomic mass is 19.1. The number of fused-ring (bicyclic) bond motifs is 1. The van der Waals surface area contributed by atoms with Crippen LogP contribution in [0.2, 0.25) is 0 Å². The van der Waals surface area contributed by atoms with Gasteiger partial charge in [0.2, 0.25) is 5.43 Å². The zero-order chi connectivity index (χ0) is 20.7. The molecule has 0 saturated heterocycles. The summed E-state index contributed by atoms with van der Waals surface area (Å²) < 4.78 is 43.5. The van der Waals surface area contributed by atoms with Crippen LogP contribution < -0.4 is 10.7 Å².